The highest BCUT2D eigenvalue weighted by Gasteiger charge is 2.28. The third-order valence-corrected chi connectivity index (χ3v) is 6.21. The van der Waals surface area contributed by atoms with Gasteiger partial charge in [0, 0.05) is 23.5 Å². The van der Waals surface area contributed by atoms with Crippen molar-refractivity contribution in [2.75, 3.05) is 24.0 Å². The summed E-state index contributed by atoms with van der Waals surface area (Å²) in [4.78, 5) is 40.3. The molecule has 0 radical (unpaired) electrons. The number of carboxylic acids is 1. The van der Waals surface area contributed by atoms with Gasteiger partial charge in [0.15, 0.2) is 0 Å². The topological polar surface area (TPSA) is 137 Å². The lowest BCUT2D eigenvalue weighted by molar-refractivity contribution is -0.142. The maximum Gasteiger partial charge on any atom is 0.326 e. The zero-order valence-electron chi connectivity index (χ0n) is 17.7. The number of amides is 2. The molecule has 2 amide bonds. The first-order valence-corrected chi connectivity index (χ1v) is 12.8. The minimum absolute atomic E-state index is 0.214. The van der Waals surface area contributed by atoms with Crippen LogP contribution in [0.1, 0.15) is 18.4 Å². The number of carbonyl (C=O) groups excluding carboxylic acids is 2. The van der Waals surface area contributed by atoms with Gasteiger partial charge in [-0.2, -0.15) is 23.5 Å². The van der Waals surface area contributed by atoms with Gasteiger partial charge in [0.2, 0.25) is 11.8 Å². The van der Waals surface area contributed by atoms with Gasteiger partial charge < -0.3 is 26.5 Å². The predicted octanol–water partition coefficient (Wildman–Crippen LogP) is 1.60. The number of aliphatic carboxylic acids is 1. The van der Waals surface area contributed by atoms with Crippen LogP contribution in [0.25, 0.3) is 10.9 Å². The van der Waals surface area contributed by atoms with Gasteiger partial charge in [0.25, 0.3) is 0 Å². The number of hydrogen-bond acceptors (Lipinski definition) is 6. The molecule has 1 aromatic carbocycles. The molecule has 0 aliphatic carbocycles. The summed E-state index contributed by atoms with van der Waals surface area (Å²) in [6, 6.07) is 4.96. The molecule has 1 heterocycles. The quantitative estimate of drug-likeness (QED) is 0.302. The predicted molar refractivity (Wildman–Crippen MR) is 127 cm³/mol. The highest BCUT2D eigenvalue weighted by atomic mass is 32.2. The highest BCUT2D eigenvalue weighted by molar-refractivity contribution is 7.98. The second kappa shape index (κ2) is 12.6. The van der Waals surface area contributed by atoms with Crippen LogP contribution in [0.2, 0.25) is 0 Å². The second-order valence-electron chi connectivity index (χ2n) is 7.19. The van der Waals surface area contributed by atoms with Crippen molar-refractivity contribution in [3.63, 3.8) is 0 Å². The lowest BCUT2D eigenvalue weighted by Crippen LogP contribution is -2.55. The van der Waals surface area contributed by atoms with E-state index in [4.69, 9.17) is 5.73 Å². The number of nitrogens with one attached hydrogen (secondary N) is 3. The molecule has 170 valence electrons. The monoisotopic (exact) mass is 466 g/mol. The summed E-state index contributed by atoms with van der Waals surface area (Å²) in [5.74, 6) is -0.745. The summed E-state index contributed by atoms with van der Waals surface area (Å²) in [7, 11) is 0. The fourth-order valence-corrected chi connectivity index (χ4v) is 4.11. The van der Waals surface area contributed by atoms with Crippen LogP contribution >= 0.6 is 23.5 Å². The highest BCUT2D eigenvalue weighted by Crippen LogP contribution is 2.19. The van der Waals surface area contributed by atoms with Gasteiger partial charge >= 0.3 is 5.97 Å². The Labute approximate surface area is 190 Å². The van der Waals surface area contributed by atoms with Gasteiger partial charge in [-0.25, -0.2) is 4.79 Å². The van der Waals surface area contributed by atoms with E-state index in [1.54, 1.807) is 18.0 Å². The number of thioether (sulfide) groups is 2. The lowest BCUT2D eigenvalue weighted by atomic mass is 10.0. The zero-order chi connectivity index (χ0) is 22.8. The van der Waals surface area contributed by atoms with Crippen molar-refractivity contribution in [1.29, 1.82) is 0 Å². The van der Waals surface area contributed by atoms with E-state index >= 15 is 0 Å². The van der Waals surface area contributed by atoms with Crippen LogP contribution in [-0.4, -0.2) is 70.0 Å². The average Bonchev–Trinajstić information content (AvgIpc) is 3.16. The molecule has 3 atom stereocenters. The van der Waals surface area contributed by atoms with Crippen LogP contribution in [0.15, 0.2) is 30.5 Å². The number of aromatic nitrogens is 1. The molecule has 10 heteroatoms. The minimum atomic E-state index is -1.10. The summed E-state index contributed by atoms with van der Waals surface area (Å²) >= 11 is 3.09. The van der Waals surface area contributed by atoms with Crippen LogP contribution in [0.4, 0.5) is 0 Å². The van der Waals surface area contributed by atoms with Crippen LogP contribution in [-0.2, 0) is 20.8 Å². The lowest BCUT2D eigenvalue weighted by Gasteiger charge is -2.23. The van der Waals surface area contributed by atoms with Crippen LogP contribution < -0.4 is 16.4 Å². The van der Waals surface area contributed by atoms with E-state index in [1.165, 1.54) is 11.8 Å². The molecule has 8 nitrogen and oxygen atoms in total. The summed E-state index contributed by atoms with van der Waals surface area (Å²) in [6.45, 7) is 0. The smallest absolute Gasteiger partial charge is 0.326 e. The van der Waals surface area contributed by atoms with Gasteiger partial charge in [0.05, 0.1) is 6.04 Å². The number of rotatable bonds is 13. The van der Waals surface area contributed by atoms with Crippen molar-refractivity contribution >= 4 is 52.2 Å². The molecule has 0 bridgehead atoms. The Hall–Kier alpha value is -2.17. The van der Waals surface area contributed by atoms with Crippen LogP contribution in [0, 0.1) is 0 Å². The number of carbonyl (C=O) groups is 3. The molecule has 31 heavy (non-hydrogen) atoms. The van der Waals surface area contributed by atoms with E-state index < -0.39 is 35.9 Å². The first-order valence-electron chi connectivity index (χ1n) is 9.99. The Balaban J connectivity index is 2.20. The van der Waals surface area contributed by atoms with Gasteiger partial charge in [-0.05, 0) is 48.5 Å². The minimum Gasteiger partial charge on any atom is -0.480 e. The molecule has 6 N–H and O–H groups in total. The molecule has 0 fully saturated rings. The van der Waals surface area contributed by atoms with Crippen molar-refractivity contribution < 1.29 is 19.5 Å². The normalized spacial score (nSPS) is 14.0. The van der Waals surface area contributed by atoms with E-state index in [0.29, 0.717) is 18.6 Å². The number of benzene rings is 1. The molecule has 0 aliphatic rings. The summed E-state index contributed by atoms with van der Waals surface area (Å²) < 4.78 is 0. The molecule has 2 aromatic rings. The number of aromatic amines is 1. The summed E-state index contributed by atoms with van der Waals surface area (Å²) in [5.41, 5.74) is 7.74. The van der Waals surface area contributed by atoms with E-state index in [9.17, 15) is 19.5 Å². The van der Waals surface area contributed by atoms with Crippen molar-refractivity contribution in [3.05, 3.63) is 36.0 Å². The van der Waals surface area contributed by atoms with Crippen molar-refractivity contribution in [2.24, 2.45) is 5.73 Å². The van der Waals surface area contributed by atoms with Crippen LogP contribution in [0.5, 0.6) is 0 Å². The third kappa shape index (κ3) is 7.48. The fraction of sp³-hybridized carbons (Fsp3) is 0.476. The molecule has 2 rings (SSSR count). The average molecular weight is 467 g/mol. The van der Waals surface area contributed by atoms with Crippen molar-refractivity contribution in [1.82, 2.24) is 15.6 Å². The molecule has 0 aliphatic heterocycles. The number of carboxylic acid groups (broad SMARTS) is 1. The Morgan fingerprint density at radius 2 is 1.68 bits per heavy atom. The molecule has 1 aromatic heterocycles. The Morgan fingerprint density at radius 1 is 1.03 bits per heavy atom. The third-order valence-electron chi connectivity index (χ3n) is 4.93. The van der Waals surface area contributed by atoms with E-state index in [2.05, 4.69) is 15.6 Å². The Morgan fingerprint density at radius 3 is 2.35 bits per heavy atom. The Kier molecular flexibility index (Phi) is 10.2. The zero-order valence-corrected chi connectivity index (χ0v) is 19.4. The van der Waals surface area contributed by atoms with Crippen LogP contribution in [0.3, 0.4) is 0 Å². The molecule has 0 spiro atoms. The van der Waals surface area contributed by atoms with Crippen molar-refractivity contribution in [3.8, 4) is 0 Å². The van der Waals surface area contributed by atoms with E-state index in [-0.39, 0.29) is 6.42 Å². The fourth-order valence-electron chi connectivity index (χ4n) is 3.15. The molecule has 0 saturated heterocycles. The number of fused-ring (bicyclic) bond motifs is 1. The SMILES string of the molecule is CSCC[C@H](NC(=O)[C@H](Cc1c[nH]c2ccccc12)NC(=O)[C@@H](N)CCSC)C(=O)O. The number of H-pyrrole nitrogens is 1. The molecular formula is C21H30N4O4S2. The van der Waals surface area contributed by atoms with Crippen molar-refractivity contribution in [2.45, 2.75) is 37.4 Å². The van der Waals surface area contributed by atoms with Gasteiger partial charge in [-0.15, -0.1) is 0 Å². The molecular weight excluding hydrogens is 436 g/mol. The maximum absolute atomic E-state index is 13.0. The standard InChI is InChI=1S/C21H30N4O4S2/c1-30-9-7-15(22)19(26)25-18(20(27)24-17(21(28)29)8-10-31-2)11-13-12-23-16-6-4-3-5-14(13)16/h3-6,12,15,17-18,23H,7-11,22H2,1-2H3,(H,24,27)(H,25,26)(H,28,29)/t15-,17-,18-/m0/s1. The number of nitrogens with two attached hydrogens (primary N) is 1. The summed E-state index contributed by atoms with van der Waals surface area (Å²) in [6.07, 6.45) is 6.59. The first-order chi connectivity index (χ1) is 14.9. The largest absolute Gasteiger partial charge is 0.480 e. The molecule has 0 saturated carbocycles. The van der Waals surface area contributed by atoms with E-state index in [1.807, 2.05) is 36.8 Å². The van der Waals surface area contributed by atoms with Gasteiger partial charge in [-0.3, -0.25) is 9.59 Å². The Bertz CT molecular complexity index is 889. The number of hydrogen-bond donors (Lipinski definition) is 5. The maximum atomic E-state index is 13.0. The van der Waals surface area contributed by atoms with E-state index in [0.717, 1.165) is 22.2 Å². The first kappa shape index (κ1) is 25.1. The second-order valence-corrected chi connectivity index (χ2v) is 9.16. The number of para-hydroxylation sites is 1. The van der Waals surface area contributed by atoms with Gasteiger partial charge in [0.1, 0.15) is 12.1 Å². The van der Waals surface area contributed by atoms with Gasteiger partial charge in [-0.1, -0.05) is 18.2 Å². The molecule has 0 unspecified atom stereocenters. The summed E-state index contributed by atoms with van der Waals surface area (Å²) in [5, 5.41) is 15.7.